The smallest absolute Gasteiger partial charge is 0.496 e. The SMILES string of the molecule is CCCCCCOc1ccc([P-]C(=O)c2c(Cl)cccc2OC)c(C)c1.[Li+]. The average molecular weight is 399 g/mol. The molecule has 0 aliphatic heterocycles. The molecule has 2 aromatic rings. The van der Waals surface area contributed by atoms with E-state index in [1.54, 1.807) is 18.2 Å². The third-order valence-corrected chi connectivity index (χ3v) is 5.55. The van der Waals surface area contributed by atoms with Gasteiger partial charge in [0.1, 0.15) is 11.5 Å². The first-order chi connectivity index (χ1) is 12.6. The van der Waals surface area contributed by atoms with Gasteiger partial charge in [-0.3, -0.25) is 0 Å². The van der Waals surface area contributed by atoms with Crippen molar-refractivity contribution < 1.29 is 33.1 Å². The van der Waals surface area contributed by atoms with Crippen LogP contribution in [-0.2, 0) is 0 Å². The Morgan fingerprint density at radius 3 is 2.59 bits per heavy atom. The summed E-state index contributed by atoms with van der Waals surface area (Å²) in [5.41, 5.74) is 1.37. The second-order valence-corrected chi connectivity index (χ2v) is 7.61. The van der Waals surface area contributed by atoms with E-state index in [0.717, 1.165) is 29.6 Å². The molecule has 0 N–H and O–H groups in total. The molecule has 0 fully saturated rings. The molecule has 0 heterocycles. The van der Waals surface area contributed by atoms with Gasteiger partial charge in [0.25, 0.3) is 0 Å². The van der Waals surface area contributed by atoms with Crippen LogP contribution in [0.15, 0.2) is 36.4 Å². The molecular weight excluding hydrogens is 374 g/mol. The van der Waals surface area contributed by atoms with Crippen LogP contribution in [0.25, 0.3) is 0 Å². The number of unbranched alkanes of at least 4 members (excludes halogenated alkanes) is 3. The molecule has 0 atom stereocenters. The van der Waals surface area contributed by atoms with Crippen molar-refractivity contribution in [1.82, 2.24) is 0 Å². The molecule has 3 nitrogen and oxygen atoms in total. The summed E-state index contributed by atoms with van der Waals surface area (Å²) in [6.45, 7) is 4.91. The van der Waals surface area contributed by atoms with Gasteiger partial charge < -0.3 is 22.8 Å². The minimum atomic E-state index is -0.0798. The summed E-state index contributed by atoms with van der Waals surface area (Å²) >= 11 is 6.20. The Morgan fingerprint density at radius 2 is 1.93 bits per heavy atom. The molecule has 0 aliphatic rings. The maximum absolute atomic E-state index is 12.7. The predicted molar refractivity (Wildman–Crippen MR) is 110 cm³/mol. The van der Waals surface area contributed by atoms with Gasteiger partial charge in [0, 0.05) is 11.1 Å². The van der Waals surface area contributed by atoms with Gasteiger partial charge in [-0.25, -0.2) is 0 Å². The third kappa shape index (κ3) is 7.17. The zero-order valence-electron chi connectivity index (χ0n) is 16.5. The van der Waals surface area contributed by atoms with Gasteiger partial charge in [-0.15, -0.1) is 0 Å². The molecule has 140 valence electrons. The summed E-state index contributed by atoms with van der Waals surface area (Å²) in [7, 11) is 2.11. The van der Waals surface area contributed by atoms with E-state index in [1.807, 2.05) is 25.1 Å². The molecule has 0 unspecified atom stereocenters. The molecular formula is C21H25ClLiO3P. The minimum absolute atomic E-state index is 0. The van der Waals surface area contributed by atoms with Crippen LogP contribution < -0.4 is 33.6 Å². The summed E-state index contributed by atoms with van der Waals surface area (Å²) in [6.07, 6.45) is 4.73. The van der Waals surface area contributed by atoms with Crippen molar-refractivity contribution in [2.75, 3.05) is 13.7 Å². The molecule has 6 heteroatoms. The third-order valence-electron chi connectivity index (χ3n) is 4.07. The Bertz CT molecular complexity index is 752. The first kappa shape index (κ1) is 24.1. The van der Waals surface area contributed by atoms with Crippen LogP contribution in [0.3, 0.4) is 0 Å². The molecule has 2 rings (SSSR count). The molecule has 0 spiro atoms. The van der Waals surface area contributed by atoms with E-state index in [1.165, 1.54) is 26.4 Å². The fourth-order valence-electron chi connectivity index (χ4n) is 2.61. The Kier molecular flexibility index (Phi) is 11.1. The Hall–Kier alpha value is -0.973. The van der Waals surface area contributed by atoms with Gasteiger partial charge >= 0.3 is 18.9 Å². The van der Waals surface area contributed by atoms with Crippen molar-refractivity contribution in [2.45, 2.75) is 39.5 Å². The number of benzene rings is 2. The molecule has 2 aromatic carbocycles. The molecule has 0 aromatic heterocycles. The molecule has 27 heavy (non-hydrogen) atoms. The second-order valence-electron chi connectivity index (χ2n) is 6.09. The summed E-state index contributed by atoms with van der Waals surface area (Å²) in [6, 6.07) is 11.1. The summed E-state index contributed by atoms with van der Waals surface area (Å²) in [5.74, 6) is 1.35. The number of hydrogen-bond donors (Lipinski definition) is 0. The van der Waals surface area contributed by atoms with Gasteiger partial charge in [-0.2, -0.15) is 5.30 Å². The van der Waals surface area contributed by atoms with E-state index in [2.05, 4.69) is 6.92 Å². The van der Waals surface area contributed by atoms with Crippen LogP contribution in [0.2, 0.25) is 5.02 Å². The Labute approximate surface area is 181 Å². The number of ether oxygens (including phenoxy) is 2. The summed E-state index contributed by atoms with van der Waals surface area (Å²) in [4.78, 5) is 12.7. The van der Waals surface area contributed by atoms with Gasteiger partial charge in [-0.05, 0) is 37.6 Å². The largest absolute Gasteiger partial charge is 1.00 e. The second kappa shape index (κ2) is 12.5. The van der Waals surface area contributed by atoms with Crippen molar-refractivity contribution in [1.29, 1.82) is 0 Å². The molecule has 0 amide bonds. The summed E-state index contributed by atoms with van der Waals surface area (Å²) < 4.78 is 11.1. The molecule has 0 saturated carbocycles. The zero-order valence-corrected chi connectivity index (χ0v) is 18.2. The number of rotatable bonds is 10. The van der Waals surface area contributed by atoms with E-state index >= 15 is 0 Å². The van der Waals surface area contributed by atoms with Gasteiger partial charge in [-0.1, -0.05) is 55.5 Å². The van der Waals surface area contributed by atoms with Crippen LogP contribution in [0.5, 0.6) is 11.5 Å². The quantitative estimate of drug-likeness (QED) is 0.350. The molecule has 0 saturated heterocycles. The van der Waals surface area contributed by atoms with Crippen molar-refractivity contribution in [2.24, 2.45) is 0 Å². The van der Waals surface area contributed by atoms with E-state index in [9.17, 15) is 4.79 Å². The normalized spacial score (nSPS) is 10.7. The monoisotopic (exact) mass is 398 g/mol. The number of aryl methyl sites for hydroxylation is 1. The fraction of sp³-hybridized carbons (Fsp3) is 0.381. The molecule has 0 radical (unpaired) electrons. The standard InChI is InChI=1S/C21H25ClO3P.Li/c1-4-5-6-7-13-25-16-11-12-19(15(2)14-16)26-21(23)20-17(22)9-8-10-18(20)24-3;/h8-12,14H,4-7,13H2,1-3H3;/q-1;+1. The van der Waals surface area contributed by atoms with Gasteiger partial charge in [0.2, 0.25) is 0 Å². The topological polar surface area (TPSA) is 35.5 Å². The van der Waals surface area contributed by atoms with Crippen LogP contribution in [0, 0.1) is 6.92 Å². The van der Waals surface area contributed by atoms with Crippen molar-refractivity contribution in [3.8, 4) is 11.5 Å². The van der Waals surface area contributed by atoms with Crippen LogP contribution >= 0.6 is 20.2 Å². The van der Waals surface area contributed by atoms with Crippen LogP contribution in [0.4, 0.5) is 0 Å². The Morgan fingerprint density at radius 1 is 1.15 bits per heavy atom. The van der Waals surface area contributed by atoms with E-state index in [0.29, 0.717) is 24.9 Å². The van der Waals surface area contributed by atoms with Gasteiger partial charge in [0.15, 0.2) is 0 Å². The number of halogens is 1. The first-order valence-electron chi connectivity index (χ1n) is 8.88. The first-order valence-corrected chi connectivity index (χ1v) is 10.2. The van der Waals surface area contributed by atoms with E-state index in [-0.39, 0.29) is 24.4 Å². The van der Waals surface area contributed by atoms with E-state index in [4.69, 9.17) is 21.1 Å². The number of hydrogen-bond acceptors (Lipinski definition) is 3. The maximum Gasteiger partial charge on any atom is 1.00 e. The van der Waals surface area contributed by atoms with Crippen molar-refractivity contribution in [3.05, 3.63) is 52.5 Å². The number of methoxy groups -OCH3 is 1. The van der Waals surface area contributed by atoms with Crippen molar-refractivity contribution in [3.63, 3.8) is 0 Å². The fourth-order valence-corrected chi connectivity index (χ4v) is 3.88. The van der Waals surface area contributed by atoms with Crippen LogP contribution in [-0.4, -0.2) is 19.2 Å². The number of carbonyl (C=O) groups is 1. The van der Waals surface area contributed by atoms with Crippen LogP contribution in [0.1, 0.15) is 48.5 Å². The van der Waals surface area contributed by atoms with E-state index < -0.39 is 0 Å². The van der Waals surface area contributed by atoms with Crippen molar-refractivity contribution >= 4 is 31.0 Å². The van der Waals surface area contributed by atoms with Gasteiger partial charge in [0.05, 0.1) is 18.7 Å². The maximum atomic E-state index is 12.7. The Balaban J connectivity index is 0.00000364. The zero-order chi connectivity index (χ0) is 18.9. The molecule has 0 bridgehead atoms. The summed E-state index contributed by atoms with van der Waals surface area (Å²) in [5, 5.41) is 1.35. The average Bonchev–Trinajstić information content (AvgIpc) is 2.63. The number of carbonyl (C=O) groups excluding carboxylic acids is 1. The predicted octanol–water partition coefficient (Wildman–Crippen LogP) is 3.03. The molecule has 0 aliphatic carbocycles. The minimum Gasteiger partial charge on any atom is -0.496 e.